The zero-order valence-electron chi connectivity index (χ0n) is 9.05. The molecule has 0 aliphatic rings. The molecule has 0 spiro atoms. The molecule has 2 N–H and O–H groups in total. The summed E-state index contributed by atoms with van der Waals surface area (Å²) in [5.74, 6) is 2.80. The lowest BCUT2D eigenvalue weighted by atomic mass is 10.2. The van der Waals surface area contributed by atoms with Crippen LogP contribution in [0.1, 0.15) is 27.2 Å². The van der Waals surface area contributed by atoms with E-state index in [4.69, 9.17) is 0 Å². The molecule has 0 radical (unpaired) electrons. The molecule has 0 aliphatic heterocycles. The molecule has 80 valence electrons. The summed E-state index contributed by atoms with van der Waals surface area (Å²) in [6, 6.07) is 0. The summed E-state index contributed by atoms with van der Waals surface area (Å²) in [6.45, 7) is 8.18. The number of nitrogens with one attached hydrogen (secondary N) is 1. The van der Waals surface area contributed by atoms with Gasteiger partial charge in [0.1, 0.15) is 0 Å². The fourth-order valence-corrected chi connectivity index (χ4v) is 2.06. The van der Waals surface area contributed by atoms with Gasteiger partial charge in [0.15, 0.2) is 0 Å². The zero-order valence-corrected chi connectivity index (χ0v) is 9.86. The van der Waals surface area contributed by atoms with Gasteiger partial charge in [0, 0.05) is 12.3 Å². The first kappa shape index (κ1) is 13.3. The number of rotatable bonds is 8. The standard InChI is InChI=1S/C10H23NOS/c1-4-9(3)7-13-8-10(12)6-11-5-2/h9-12H,4-8H2,1-3H3. The fraction of sp³-hybridized carbons (Fsp3) is 1.00. The summed E-state index contributed by atoms with van der Waals surface area (Å²) < 4.78 is 0. The second kappa shape index (κ2) is 8.85. The van der Waals surface area contributed by atoms with Gasteiger partial charge in [0.25, 0.3) is 0 Å². The quantitative estimate of drug-likeness (QED) is 0.633. The van der Waals surface area contributed by atoms with Crippen molar-refractivity contribution >= 4 is 11.8 Å². The van der Waals surface area contributed by atoms with Crippen LogP contribution in [0.2, 0.25) is 0 Å². The summed E-state index contributed by atoms with van der Waals surface area (Å²) in [5.41, 5.74) is 0. The monoisotopic (exact) mass is 205 g/mol. The molecular weight excluding hydrogens is 182 g/mol. The number of hydrogen-bond donors (Lipinski definition) is 2. The molecular formula is C10H23NOS. The van der Waals surface area contributed by atoms with Crippen molar-refractivity contribution in [3.63, 3.8) is 0 Å². The number of aliphatic hydroxyl groups excluding tert-OH is 1. The van der Waals surface area contributed by atoms with Crippen LogP contribution in [0.4, 0.5) is 0 Å². The van der Waals surface area contributed by atoms with Crippen LogP contribution in [0.3, 0.4) is 0 Å². The van der Waals surface area contributed by atoms with Crippen molar-refractivity contribution in [3.8, 4) is 0 Å². The summed E-state index contributed by atoms with van der Waals surface area (Å²) in [7, 11) is 0. The lowest BCUT2D eigenvalue weighted by molar-refractivity contribution is 0.197. The molecule has 3 heteroatoms. The fourth-order valence-electron chi connectivity index (χ4n) is 0.893. The van der Waals surface area contributed by atoms with E-state index in [-0.39, 0.29) is 6.10 Å². The first-order valence-electron chi connectivity index (χ1n) is 5.17. The molecule has 0 rings (SSSR count). The van der Waals surface area contributed by atoms with E-state index in [1.54, 1.807) is 0 Å². The topological polar surface area (TPSA) is 32.3 Å². The van der Waals surface area contributed by atoms with Crippen LogP contribution in [-0.2, 0) is 0 Å². The highest BCUT2D eigenvalue weighted by Crippen LogP contribution is 2.11. The normalized spacial score (nSPS) is 15.7. The number of hydrogen-bond acceptors (Lipinski definition) is 3. The Kier molecular flexibility index (Phi) is 9.03. The van der Waals surface area contributed by atoms with Gasteiger partial charge in [-0.25, -0.2) is 0 Å². The van der Waals surface area contributed by atoms with Crippen molar-refractivity contribution in [1.29, 1.82) is 0 Å². The van der Waals surface area contributed by atoms with Crippen molar-refractivity contribution in [3.05, 3.63) is 0 Å². The van der Waals surface area contributed by atoms with Crippen LogP contribution in [0, 0.1) is 5.92 Å². The Morgan fingerprint density at radius 1 is 1.31 bits per heavy atom. The largest absolute Gasteiger partial charge is 0.391 e. The third-order valence-electron chi connectivity index (χ3n) is 2.04. The average Bonchev–Trinajstić information content (AvgIpc) is 2.14. The van der Waals surface area contributed by atoms with Crippen LogP contribution in [0.25, 0.3) is 0 Å². The SMILES string of the molecule is CCNCC(O)CSCC(C)CC. The smallest absolute Gasteiger partial charge is 0.0754 e. The summed E-state index contributed by atoms with van der Waals surface area (Å²) in [6.07, 6.45) is 1.05. The maximum Gasteiger partial charge on any atom is 0.0754 e. The molecule has 2 unspecified atom stereocenters. The molecule has 0 aromatic heterocycles. The van der Waals surface area contributed by atoms with E-state index in [0.29, 0.717) is 0 Å². The van der Waals surface area contributed by atoms with Crippen LogP contribution >= 0.6 is 11.8 Å². The van der Waals surface area contributed by atoms with E-state index in [1.165, 1.54) is 12.2 Å². The summed E-state index contributed by atoms with van der Waals surface area (Å²) in [4.78, 5) is 0. The molecule has 0 saturated carbocycles. The summed E-state index contributed by atoms with van der Waals surface area (Å²) in [5, 5.41) is 12.6. The average molecular weight is 205 g/mol. The summed E-state index contributed by atoms with van der Waals surface area (Å²) >= 11 is 1.85. The number of aliphatic hydroxyl groups is 1. The second-order valence-corrected chi connectivity index (χ2v) is 4.59. The van der Waals surface area contributed by atoms with E-state index in [2.05, 4.69) is 26.1 Å². The van der Waals surface area contributed by atoms with Crippen LogP contribution in [0.15, 0.2) is 0 Å². The predicted molar refractivity (Wildman–Crippen MR) is 61.3 cm³/mol. The first-order valence-corrected chi connectivity index (χ1v) is 6.32. The lowest BCUT2D eigenvalue weighted by Crippen LogP contribution is -2.28. The van der Waals surface area contributed by atoms with Gasteiger partial charge in [-0.05, 0) is 18.2 Å². The zero-order chi connectivity index (χ0) is 10.1. The Bertz CT molecular complexity index is 111. The van der Waals surface area contributed by atoms with Crippen molar-refractivity contribution in [1.82, 2.24) is 5.32 Å². The lowest BCUT2D eigenvalue weighted by Gasteiger charge is -2.12. The minimum Gasteiger partial charge on any atom is -0.391 e. The molecule has 0 saturated heterocycles. The Morgan fingerprint density at radius 3 is 2.54 bits per heavy atom. The molecule has 2 atom stereocenters. The molecule has 0 fully saturated rings. The van der Waals surface area contributed by atoms with Gasteiger partial charge < -0.3 is 10.4 Å². The molecule has 0 amide bonds. The molecule has 0 heterocycles. The molecule has 2 nitrogen and oxygen atoms in total. The Hall–Kier alpha value is 0.270. The molecule has 0 aliphatic carbocycles. The Balaban J connectivity index is 3.21. The van der Waals surface area contributed by atoms with E-state index in [1.807, 2.05) is 11.8 Å². The highest BCUT2D eigenvalue weighted by molar-refractivity contribution is 7.99. The minimum atomic E-state index is -0.186. The highest BCUT2D eigenvalue weighted by atomic mass is 32.2. The number of likely N-dealkylation sites (N-methyl/N-ethyl adjacent to an activating group) is 1. The minimum absolute atomic E-state index is 0.186. The van der Waals surface area contributed by atoms with Gasteiger partial charge in [-0.3, -0.25) is 0 Å². The van der Waals surface area contributed by atoms with E-state index < -0.39 is 0 Å². The van der Waals surface area contributed by atoms with E-state index in [0.717, 1.165) is 24.8 Å². The number of thioether (sulfide) groups is 1. The molecule has 0 bridgehead atoms. The van der Waals surface area contributed by atoms with Crippen molar-refractivity contribution in [2.45, 2.75) is 33.3 Å². The molecule has 0 aromatic carbocycles. The third-order valence-corrected chi connectivity index (χ3v) is 3.46. The van der Waals surface area contributed by atoms with Crippen molar-refractivity contribution in [2.24, 2.45) is 5.92 Å². The second-order valence-electron chi connectivity index (χ2n) is 3.51. The van der Waals surface area contributed by atoms with Gasteiger partial charge in [-0.15, -0.1) is 0 Å². The molecule has 0 aromatic rings. The molecule has 13 heavy (non-hydrogen) atoms. The maximum absolute atomic E-state index is 9.48. The Morgan fingerprint density at radius 2 is 2.00 bits per heavy atom. The van der Waals surface area contributed by atoms with Gasteiger partial charge in [0.2, 0.25) is 0 Å². The van der Waals surface area contributed by atoms with Gasteiger partial charge in [-0.1, -0.05) is 27.2 Å². The van der Waals surface area contributed by atoms with Crippen LogP contribution in [-0.4, -0.2) is 35.8 Å². The van der Waals surface area contributed by atoms with Gasteiger partial charge in [-0.2, -0.15) is 11.8 Å². The highest BCUT2D eigenvalue weighted by Gasteiger charge is 2.04. The predicted octanol–water partition coefficient (Wildman–Crippen LogP) is 1.74. The van der Waals surface area contributed by atoms with E-state index >= 15 is 0 Å². The van der Waals surface area contributed by atoms with Crippen molar-refractivity contribution < 1.29 is 5.11 Å². The van der Waals surface area contributed by atoms with E-state index in [9.17, 15) is 5.11 Å². The van der Waals surface area contributed by atoms with Crippen LogP contribution in [0.5, 0.6) is 0 Å². The first-order chi connectivity index (χ1) is 6.20. The van der Waals surface area contributed by atoms with Gasteiger partial charge in [0.05, 0.1) is 6.10 Å². The van der Waals surface area contributed by atoms with Gasteiger partial charge >= 0.3 is 0 Å². The van der Waals surface area contributed by atoms with Crippen molar-refractivity contribution in [2.75, 3.05) is 24.6 Å². The maximum atomic E-state index is 9.48. The van der Waals surface area contributed by atoms with Crippen LogP contribution < -0.4 is 5.32 Å². The Labute approximate surface area is 86.5 Å². The third kappa shape index (κ3) is 8.60.